The van der Waals surface area contributed by atoms with E-state index in [1.54, 1.807) is 11.8 Å². The van der Waals surface area contributed by atoms with E-state index >= 15 is 0 Å². The van der Waals surface area contributed by atoms with Crippen LogP contribution in [0.25, 0.3) is 0 Å². The molecule has 15 heavy (non-hydrogen) atoms. The molecule has 2 N–H and O–H groups in total. The molecule has 1 heterocycles. The summed E-state index contributed by atoms with van der Waals surface area (Å²) >= 11 is 1.79. The maximum atomic E-state index is 10.4. The molecule has 2 rings (SSSR count). The molecule has 1 aliphatic heterocycles. The fourth-order valence-electron chi connectivity index (χ4n) is 1.95. The molecule has 0 spiro atoms. The van der Waals surface area contributed by atoms with Gasteiger partial charge in [0.15, 0.2) is 0 Å². The minimum absolute atomic E-state index is 0. The molecule has 0 aromatic heterocycles. The lowest BCUT2D eigenvalue weighted by Crippen LogP contribution is -2.41. The fraction of sp³-hybridized carbons (Fsp3) is 0.455. The number of fused-ring (bicyclic) bond motifs is 1. The van der Waals surface area contributed by atoms with E-state index in [-0.39, 0.29) is 12.4 Å². The number of hydrogen-bond acceptors (Lipinski definition) is 3. The maximum absolute atomic E-state index is 10.4. The van der Waals surface area contributed by atoms with Crippen LogP contribution >= 0.6 is 24.2 Å². The van der Waals surface area contributed by atoms with Crippen LogP contribution in [0, 0.1) is 0 Å². The second-order valence-corrected chi connectivity index (χ2v) is 4.70. The zero-order valence-corrected chi connectivity index (χ0v) is 10.3. The van der Waals surface area contributed by atoms with Crippen molar-refractivity contribution in [1.82, 2.24) is 5.32 Å². The van der Waals surface area contributed by atoms with Gasteiger partial charge in [-0.25, -0.2) is 0 Å². The zero-order valence-electron chi connectivity index (χ0n) is 8.69. The summed E-state index contributed by atoms with van der Waals surface area (Å²) in [4.78, 5) is 0. The highest BCUT2D eigenvalue weighted by molar-refractivity contribution is 7.98. The van der Waals surface area contributed by atoms with Gasteiger partial charge in [0.1, 0.15) is 5.60 Å². The molecule has 0 fully saturated rings. The van der Waals surface area contributed by atoms with Crippen LogP contribution in [-0.4, -0.2) is 24.5 Å². The summed E-state index contributed by atoms with van der Waals surface area (Å²) in [5, 5.41) is 13.5. The molecule has 0 radical (unpaired) electrons. The van der Waals surface area contributed by atoms with Gasteiger partial charge in [0.25, 0.3) is 0 Å². The van der Waals surface area contributed by atoms with Crippen molar-refractivity contribution >= 4 is 24.2 Å². The molecule has 0 saturated heterocycles. The first-order chi connectivity index (χ1) is 6.76. The lowest BCUT2D eigenvalue weighted by molar-refractivity contribution is 0.0623. The molecule has 1 aromatic carbocycles. The van der Waals surface area contributed by atoms with Gasteiger partial charge >= 0.3 is 0 Å². The summed E-state index contributed by atoms with van der Waals surface area (Å²) in [5.41, 5.74) is 1.67. The number of thioether (sulfide) groups is 1. The lowest BCUT2D eigenvalue weighted by atomic mass is 9.91. The summed E-state index contributed by atoms with van der Waals surface area (Å²) in [7, 11) is 1.87. The molecule has 1 aliphatic rings. The standard InChI is InChI=1S/C11H15NOS.ClH/c1-12-7-11(13)8-14-6-9-4-2-3-5-10(9)11;/h2-5,12-13H,6-8H2,1H3;1H. The Morgan fingerprint density at radius 2 is 2.20 bits per heavy atom. The van der Waals surface area contributed by atoms with Crippen molar-refractivity contribution in [2.45, 2.75) is 11.4 Å². The predicted molar refractivity (Wildman–Crippen MR) is 67.7 cm³/mol. The number of aliphatic hydroxyl groups is 1. The van der Waals surface area contributed by atoms with Crippen LogP contribution in [0.4, 0.5) is 0 Å². The minimum Gasteiger partial charge on any atom is -0.383 e. The number of benzene rings is 1. The number of likely N-dealkylation sites (N-methyl/N-ethyl adjacent to an activating group) is 1. The van der Waals surface area contributed by atoms with Crippen LogP contribution in [0.1, 0.15) is 11.1 Å². The first-order valence-electron chi connectivity index (χ1n) is 4.79. The monoisotopic (exact) mass is 245 g/mol. The Balaban J connectivity index is 0.00000112. The van der Waals surface area contributed by atoms with E-state index in [4.69, 9.17) is 0 Å². The zero-order chi connectivity index (χ0) is 10.0. The highest BCUT2D eigenvalue weighted by atomic mass is 35.5. The summed E-state index contributed by atoms with van der Waals surface area (Å²) < 4.78 is 0. The first kappa shape index (κ1) is 12.8. The van der Waals surface area contributed by atoms with Gasteiger partial charge in [-0.15, -0.1) is 12.4 Å². The summed E-state index contributed by atoms with van der Waals surface area (Å²) in [6, 6.07) is 8.16. The molecule has 0 bridgehead atoms. The van der Waals surface area contributed by atoms with Gasteiger partial charge in [-0.2, -0.15) is 11.8 Å². The van der Waals surface area contributed by atoms with Gasteiger partial charge in [-0.3, -0.25) is 0 Å². The second kappa shape index (κ2) is 5.21. The molecule has 0 saturated carbocycles. The Labute approximate surface area is 101 Å². The van der Waals surface area contributed by atoms with Gasteiger partial charge in [0.05, 0.1) is 0 Å². The van der Waals surface area contributed by atoms with E-state index in [2.05, 4.69) is 11.4 Å². The number of hydrogen-bond donors (Lipinski definition) is 2. The lowest BCUT2D eigenvalue weighted by Gasteiger charge is -2.33. The van der Waals surface area contributed by atoms with E-state index in [1.807, 2.05) is 25.2 Å². The van der Waals surface area contributed by atoms with Gasteiger partial charge in [0.2, 0.25) is 0 Å². The third-order valence-corrected chi connectivity index (χ3v) is 3.78. The van der Waals surface area contributed by atoms with Crippen LogP contribution in [0.2, 0.25) is 0 Å². The third kappa shape index (κ3) is 2.48. The summed E-state index contributed by atoms with van der Waals surface area (Å²) in [6.45, 7) is 0.622. The minimum atomic E-state index is -0.686. The van der Waals surface area contributed by atoms with E-state index in [1.165, 1.54) is 5.56 Å². The summed E-state index contributed by atoms with van der Waals surface area (Å²) in [6.07, 6.45) is 0. The van der Waals surface area contributed by atoms with Crippen molar-refractivity contribution in [2.24, 2.45) is 0 Å². The molecule has 1 atom stereocenters. The quantitative estimate of drug-likeness (QED) is 0.833. The van der Waals surface area contributed by atoms with Crippen molar-refractivity contribution in [1.29, 1.82) is 0 Å². The highest BCUT2D eigenvalue weighted by Gasteiger charge is 2.33. The molecular weight excluding hydrogens is 230 g/mol. The van der Waals surface area contributed by atoms with Crippen LogP contribution < -0.4 is 5.32 Å². The predicted octanol–water partition coefficient (Wildman–Crippen LogP) is 1.76. The third-order valence-electron chi connectivity index (χ3n) is 2.59. The van der Waals surface area contributed by atoms with Crippen molar-refractivity contribution < 1.29 is 5.11 Å². The summed E-state index contributed by atoms with van der Waals surface area (Å²) in [5.74, 6) is 1.80. The first-order valence-corrected chi connectivity index (χ1v) is 5.95. The van der Waals surface area contributed by atoms with Crippen molar-refractivity contribution in [3.8, 4) is 0 Å². The average molecular weight is 246 g/mol. The van der Waals surface area contributed by atoms with Crippen molar-refractivity contribution in [3.63, 3.8) is 0 Å². The number of rotatable bonds is 2. The van der Waals surface area contributed by atoms with Gasteiger partial charge < -0.3 is 10.4 Å². The number of halogens is 1. The van der Waals surface area contributed by atoms with Crippen molar-refractivity contribution in [2.75, 3.05) is 19.3 Å². The molecule has 1 aromatic rings. The van der Waals surface area contributed by atoms with Crippen LogP contribution in [-0.2, 0) is 11.4 Å². The topological polar surface area (TPSA) is 32.3 Å². The Bertz CT molecular complexity index is 334. The highest BCUT2D eigenvalue weighted by Crippen LogP contribution is 2.35. The number of nitrogens with one attached hydrogen (secondary N) is 1. The van der Waals surface area contributed by atoms with Gasteiger partial charge in [0, 0.05) is 18.1 Å². The fourth-order valence-corrected chi connectivity index (χ4v) is 3.12. The van der Waals surface area contributed by atoms with Crippen LogP contribution in [0.15, 0.2) is 24.3 Å². The van der Waals surface area contributed by atoms with E-state index < -0.39 is 5.60 Å². The molecule has 4 heteroatoms. The molecule has 0 amide bonds. The Morgan fingerprint density at radius 1 is 1.47 bits per heavy atom. The SMILES string of the molecule is CNCC1(O)CSCc2ccccc21.Cl. The van der Waals surface area contributed by atoms with E-state index in [9.17, 15) is 5.11 Å². The molecule has 2 nitrogen and oxygen atoms in total. The molecule has 0 aliphatic carbocycles. The molecular formula is C11H16ClNOS. The van der Waals surface area contributed by atoms with Crippen LogP contribution in [0.3, 0.4) is 0 Å². The van der Waals surface area contributed by atoms with Gasteiger partial charge in [-0.1, -0.05) is 24.3 Å². The largest absolute Gasteiger partial charge is 0.383 e. The van der Waals surface area contributed by atoms with Crippen LogP contribution in [0.5, 0.6) is 0 Å². The normalized spacial score (nSPS) is 24.1. The van der Waals surface area contributed by atoms with E-state index in [0.29, 0.717) is 6.54 Å². The Kier molecular flexibility index (Phi) is 4.46. The Morgan fingerprint density at radius 3 is 2.93 bits per heavy atom. The maximum Gasteiger partial charge on any atom is 0.111 e. The van der Waals surface area contributed by atoms with Crippen molar-refractivity contribution in [3.05, 3.63) is 35.4 Å². The average Bonchev–Trinajstić information content (AvgIpc) is 2.19. The Hall–Kier alpha value is -0.220. The second-order valence-electron chi connectivity index (χ2n) is 3.71. The van der Waals surface area contributed by atoms with E-state index in [0.717, 1.165) is 17.1 Å². The molecule has 84 valence electrons. The smallest absolute Gasteiger partial charge is 0.111 e. The van der Waals surface area contributed by atoms with Gasteiger partial charge in [-0.05, 0) is 18.2 Å². The molecule has 1 unspecified atom stereocenters.